The normalized spacial score (nSPS) is 23.7. The number of rotatable bonds is 6. The minimum Gasteiger partial charge on any atom is -0.396 e. The van der Waals surface area contributed by atoms with Crippen LogP contribution in [0.1, 0.15) is 17.4 Å². The lowest BCUT2D eigenvalue weighted by molar-refractivity contribution is 0.0299. The van der Waals surface area contributed by atoms with Gasteiger partial charge in [0.25, 0.3) is 5.91 Å². The van der Waals surface area contributed by atoms with E-state index >= 15 is 0 Å². The van der Waals surface area contributed by atoms with Gasteiger partial charge in [-0.3, -0.25) is 9.78 Å². The highest BCUT2D eigenvalue weighted by Crippen LogP contribution is 2.27. The van der Waals surface area contributed by atoms with Gasteiger partial charge in [0.1, 0.15) is 11.5 Å². The number of carbonyl (C=O) groups excluding carboxylic acids is 1. The van der Waals surface area contributed by atoms with Gasteiger partial charge in [-0.25, -0.2) is 4.98 Å². The van der Waals surface area contributed by atoms with Gasteiger partial charge in [0.15, 0.2) is 0 Å². The fraction of sp³-hybridized carbons (Fsp3) is 0.722. The minimum absolute atomic E-state index is 0.0946. The Morgan fingerprint density at radius 2 is 2.04 bits per heavy atom. The predicted octanol–water partition coefficient (Wildman–Crippen LogP) is -0.0546. The molecular formula is C18H29N5O3. The lowest BCUT2D eigenvalue weighted by atomic mass is 9.96. The van der Waals surface area contributed by atoms with E-state index in [0.29, 0.717) is 43.7 Å². The number of ether oxygens (including phenoxy) is 1. The number of aliphatic hydroxyl groups is 1. The van der Waals surface area contributed by atoms with Gasteiger partial charge in [-0.05, 0) is 19.5 Å². The summed E-state index contributed by atoms with van der Waals surface area (Å²) in [5.74, 6) is 1.21. The Bertz CT molecular complexity index is 608. The molecule has 2 atom stereocenters. The maximum atomic E-state index is 12.6. The second-order valence-corrected chi connectivity index (χ2v) is 7.13. The van der Waals surface area contributed by atoms with Crippen molar-refractivity contribution < 1.29 is 14.6 Å². The summed E-state index contributed by atoms with van der Waals surface area (Å²) < 4.78 is 5.30. The van der Waals surface area contributed by atoms with E-state index in [-0.39, 0.29) is 18.4 Å². The van der Waals surface area contributed by atoms with Crippen molar-refractivity contribution >= 4 is 11.7 Å². The molecule has 144 valence electrons. The van der Waals surface area contributed by atoms with E-state index in [1.807, 2.05) is 0 Å². The molecule has 2 aliphatic rings. The van der Waals surface area contributed by atoms with E-state index < -0.39 is 0 Å². The van der Waals surface area contributed by atoms with Crippen LogP contribution in [-0.2, 0) is 4.74 Å². The molecule has 1 amide bonds. The van der Waals surface area contributed by atoms with Crippen LogP contribution in [0, 0.1) is 11.8 Å². The van der Waals surface area contributed by atoms with Crippen molar-refractivity contribution in [2.24, 2.45) is 11.8 Å². The molecule has 1 aromatic rings. The summed E-state index contributed by atoms with van der Waals surface area (Å²) in [7, 11) is 2.10. The van der Waals surface area contributed by atoms with E-state index in [9.17, 15) is 9.90 Å². The lowest BCUT2D eigenvalue weighted by Crippen LogP contribution is -2.41. The molecule has 0 saturated carbocycles. The maximum Gasteiger partial charge on any atom is 0.274 e. The van der Waals surface area contributed by atoms with Crippen LogP contribution in [0.25, 0.3) is 0 Å². The molecule has 0 spiro atoms. The van der Waals surface area contributed by atoms with E-state index in [0.717, 1.165) is 26.2 Å². The lowest BCUT2D eigenvalue weighted by Gasteiger charge is -2.26. The predicted molar refractivity (Wildman–Crippen MR) is 98.2 cm³/mol. The van der Waals surface area contributed by atoms with E-state index in [1.54, 1.807) is 11.1 Å². The molecule has 8 nitrogen and oxygen atoms in total. The zero-order valence-electron chi connectivity index (χ0n) is 15.7. The number of anilines is 1. The Labute approximate surface area is 154 Å². The minimum atomic E-state index is -0.0946. The van der Waals surface area contributed by atoms with Gasteiger partial charge >= 0.3 is 0 Å². The standard InChI is InChI=1S/C18H29N5O3/c1-3-21(2)10-14-11-23(12-15(14)13-24)17-9-19-8-16(20-17)18(25)22-4-6-26-7-5-22/h8-9,14-15,24H,3-7,10-13H2,1-2H3/t14-,15-/m1/s1. The number of carbonyl (C=O) groups is 1. The number of aromatic nitrogens is 2. The van der Waals surface area contributed by atoms with Gasteiger partial charge in [-0.15, -0.1) is 0 Å². The summed E-state index contributed by atoms with van der Waals surface area (Å²) in [5, 5.41) is 9.75. The SMILES string of the molecule is CCN(C)C[C@@H]1CN(c2cncc(C(=O)N3CCOCC3)n2)C[C@@H]1CO. The number of hydrogen-bond donors (Lipinski definition) is 1. The van der Waals surface area contributed by atoms with Crippen LogP contribution in [0.4, 0.5) is 5.82 Å². The third-order valence-corrected chi connectivity index (χ3v) is 5.36. The first kappa shape index (κ1) is 19.0. The van der Waals surface area contributed by atoms with Crippen molar-refractivity contribution in [1.82, 2.24) is 19.8 Å². The molecule has 0 bridgehead atoms. The molecule has 0 aromatic carbocycles. The van der Waals surface area contributed by atoms with Crippen LogP contribution >= 0.6 is 0 Å². The first-order chi connectivity index (χ1) is 12.6. The molecular weight excluding hydrogens is 334 g/mol. The van der Waals surface area contributed by atoms with Crippen molar-refractivity contribution in [2.75, 3.05) is 71.0 Å². The van der Waals surface area contributed by atoms with Crippen LogP contribution in [-0.4, -0.2) is 96.9 Å². The Kier molecular flexibility index (Phi) is 6.39. The summed E-state index contributed by atoms with van der Waals surface area (Å²) in [6.07, 6.45) is 3.24. The van der Waals surface area contributed by atoms with Crippen molar-refractivity contribution in [3.05, 3.63) is 18.1 Å². The number of amides is 1. The number of aliphatic hydroxyl groups excluding tert-OH is 1. The van der Waals surface area contributed by atoms with Crippen LogP contribution in [0.15, 0.2) is 12.4 Å². The molecule has 1 aromatic heterocycles. The monoisotopic (exact) mass is 363 g/mol. The van der Waals surface area contributed by atoms with E-state index in [4.69, 9.17) is 4.74 Å². The van der Waals surface area contributed by atoms with Crippen LogP contribution in [0.5, 0.6) is 0 Å². The highest BCUT2D eigenvalue weighted by atomic mass is 16.5. The fourth-order valence-corrected chi connectivity index (χ4v) is 3.61. The van der Waals surface area contributed by atoms with Crippen molar-refractivity contribution in [3.63, 3.8) is 0 Å². The summed E-state index contributed by atoms with van der Waals surface area (Å²) in [5.41, 5.74) is 0.374. The third-order valence-electron chi connectivity index (χ3n) is 5.36. The molecule has 3 heterocycles. The Morgan fingerprint density at radius 1 is 1.31 bits per heavy atom. The highest BCUT2D eigenvalue weighted by molar-refractivity contribution is 5.92. The maximum absolute atomic E-state index is 12.6. The summed E-state index contributed by atoms with van der Waals surface area (Å²) >= 11 is 0. The summed E-state index contributed by atoms with van der Waals surface area (Å²) in [4.78, 5) is 27.6. The zero-order valence-corrected chi connectivity index (χ0v) is 15.7. The molecule has 3 rings (SSSR count). The van der Waals surface area contributed by atoms with Gasteiger partial charge < -0.3 is 24.5 Å². The summed E-state index contributed by atoms with van der Waals surface area (Å²) in [6.45, 7) is 8.09. The van der Waals surface area contributed by atoms with Gasteiger partial charge in [0.05, 0.1) is 25.6 Å². The molecule has 26 heavy (non-hydrogen) atoms. The molecule has 2 saturated heterocycles. The largest absolute Gasteiger partial charge is 0.396 e. The molecule has 2 fully saturated rings. The molecule has 2 aliphatic heterocycles. The van der Waals surface area contributed by atoms with Gasteiger partial charge in [0.2, 0.25) is 0 Å². The third kappa shape index (κ3) is 4.31. The molecule has 0 aliphatic carbocycles. The molecule has 8 heteroatoms. The van der Waals surface area contributed by atoms with Crippen molar-refractivity contribution in [3.8, 4) is 0 Å². The first-order valence-electron chi connectivity index (χ1n) is 9.35. The average Bonchev–Trinajstić information content (AvgIpc) is 3.11. The van der Waals surface area contributed by atoms with Crippen molar-refractivity contribution in [1.29, 1.82) is 0 Å². The molecule has 0 radical (unpaired) electrons. The summed E-state index contributed by atoms with van der Waals surface area (Å²) in [6, 6.07) is 0. The van der Waals surface area contributed by atoms with Crippen molar-refractivity contribution in [2.45, 2.75) is 6.92 Å². The van der Waals surface area contributed by atoms with Gasteiger partial charge in [-0.2, -0.15) is 0 Å². The average molecular weight is 363 g/mol. The van der Waals surface area contributed by atoms with Gasteiger partial charge in [-0.1, -0.05) is 6.92 Å². The van der Waals surface area contributed by atoms with E-state index in [1.165, 1.54) is 6.20 Å². The Balaban J connectivity index is 1.70. The van der Waals surface area contributed by atoms with E-state index in [2.05, 4.69) is 33.7 Å². The quantitative estimate of drug-likeness (QED) is 0.758. The Morgan fingerprint density at radius 3 is 2.73 bits per heavy atom. The first-order valence-corrected chi connectivity index (χ1v) is 9.35. The van der Waals surface area contributed by atoms with Crippen LogP contribution < -0.4 is 4.90 Å². The smallest absolute Gasteiger partial charge is 0.274 e. The number of nitrogens with zero attached hydrogens (tertiary/aromatic N) is 5. The van der Waals surface area contributed by atoms with Crippen LogP contribution in [0.3, 0.4) is 0 Å². The van der Waals surface area contributed by atoms with Gasteiger partial charge in [0, 0.05) is 45.2 Å². The fourth-order valence-electron chi connectivity index (χ4n) is 3.61. The molecule has 1 N–H and O–H groups in total. The second-order valence-electron chi connectivity index (χ2n) is 7.13. The highest BCUT2D eigenvalue weighted by Gasteiger charge is 2.34. The van der Waals surface area contributed by atoms with Crippen LogP contribution in [0.2, 0.25) is 0 Å². The molecule has 0 unspecified atom stereocenters. The number of hydrogen-bond acceptors (Lipinski definition) is 7. The zero-order chi connectivity index (χ0) is 18.5. The topological polar surface area (TPSA) is 82.0 Å². The second kappa shape index (κ2) is 8.75. The Hall–Kier alpha value is -1.77. The number of morpholine rings is 1.